The van der Waals surface area contributed by atoms with Gasteiger partial charge in [0.15, 0.2) is 0 Å². The van der Waals surface area contributed by atoms with Crippen LogP contribution < -0.4 is 5.56 Å². The van der Waals surface area contributed by atoms with Crippen molar-refractivity contribution in [3.63, 3.8) is 0 Å². The summed E-state index contributed by atoms with van der Waals surface area (Å²) in [6.07, 6.45) is 6.64. The van der Waals surface area contributed by atoms with Crippen LogP contribution in [-0.4, -0.2) is 46.8 Å². The van der Waals surface area contributed by atoms with Crippen LogP contribution in [0, 0.1) is 0 Å². The van der Waals surface area contributed by atoms with Crippen LogP contribution in [0.3, 0.4) is 0 Å². The van der Waals surface area contributed by atoms with Crippen molar-refractivity contribution in [2.24, 2.45) is 0 Å². The standard InChI is InChI=1S/C19H23N3O2/c23-19-4-3-16-5-9-21(17-7-11-24-14-17)10-6-18(16)22(19)13-15-2-1-8-20-12-15/h1-4,8,12,17H,5-7,9-11,13-14H2/t17-/m0/s1. The lowest BCUT2D eigenvalue weighted by Crippen LogP contribution is -2.37. The topological polar surface area (TPSA) is 47.4 Å². The van der Waals surface area contributed by atoms with E-state index >= 15 is 0 Å². The third-order valence-corrected chi connectivity index (χ3v) is 5.18. The van der Waals surface area contributed by atoms with E-state index in [0.717, 1.165) is 51.1 Å². The van der Waals surface area contributed by atoms with Crippen molar-refractivity contribution in [1.82, 2.24) is 14.5 Å². The normalized spacial score (nSPS) is 21.4. The Morgan fingerprint density at radius 2 is 2.12 bits per heavy atom. The van der Waals surface area contributed by atoms with Gasteiger partial charge >= 0.3 is 0 Å². The number of nitrogens with zero attached hydrogens (tertiary/aromatic N) is 3. The Balaban J connectivity index is 1.60. The molecule has 2 aromatic rings. The van der Waals surface area contributed by atoms with Crippen LogP contribution in [0.15, 0.2) is 41.5 Å². The van der Waals surface area contributed by atoms with E-state index in [1.165, 1.54) is 11.3 Å². The molecular weight excluding hydrogens is 302 g/mol. The SMILES string of the molecule is O=c1ccc2c(n1Cc1cccnc1)CCN([C@H]1CCOC1)CC2. The van der Waals surface area contributed by atoms with Crippen LogP contribution in [0.1, 0.15) is 23.2 Å². The molecule has 24 heavy (non-hydrogen) atoms. The predicted octanol–water partition coefficient (Wildman–Crippen LogP) is 1.48. The molecule has 0 spiro atoms. The number of aromatic nitrogens is 2. The van der Waals surface area contributed by atoms with Gasteiger partial charge in [-0.15, -0.1) is 0 Å². The van der Waals surface area contributed by atoms with Gasteiger partial charge < -0.3 is 9.30 Å². The third-order valence-electron chi connectivity index (χ3n) is 5.18. The van der Waals surface area contributed by atoms with Crippen molar-refractivity contribution in [3.05, 3.63) is 63.8 Å². The van der Waals surface area contributed by atoms with E-state index in [-0.39, 0.29) is 5.56 Å². The molecule has 1 fully saturated rings. The van der Waals surface area contributed by atoms with E-state index in [9.17, 15) is 4.79 Å². The Morgan fingerprint density at radius 3 is 2.92 bits per heavy atom. The highest BCUT2D eigenvalue weighted by atomic mass is 16.5. The van der Waals surface area contributed by atoms with E-state index in [1.807, 2.05) is 29.0 Å². The average Bonchev–Trinajstić information content (AvgIpc) is 3.06. The molecule has 126 valence electrons. The summed E-state index contributed by atoms with van der Waals surface area (Å²) < 4.78 is 7.48. The van der Waals surface area contributed by atoms with E-state index in [1.54, 1.807) is 12.3 Å². The van der Waals surface area contributed by atoms with Crippen molar-refractivity contribution >= 4 is 0 Å². The maximum absolute atomic E-state index is 12.5. The zero-order valence-corrected chi connectivity index (χ0v) is 13.9. The third kappa shape index (κ3) is 3.14. The van der Waals surface area contributed by atoms with Gasteiger partial charge in [0.1, 0.15) is 0 Å². The van der Waals surface area contributed by atoms with Gasteiger partial charge in [-0.3, -0.25) is 14.7 Å². The smallest absolute Gasteiger partial charge is 0.251 e. The molecule has 5 nitrogen and oxygen atoms in total. The monoisotopic (exact) mass is 325 g/mol. The zero-order chi connectivity index (χ0) is 16.4. The number of ether oxygens (including phenoxy) is 1. The fraction of sp³-hybridized carbons (Fsp3) is 0.474. The van der Waals surface area contributed by atoms with Crippen molar-refractivity contribution in [3.8, 4) is 0 Å². The fourth-order valence-corrected chi connectivity index (χ4v) is 3.84. The number of hydrogen-bond donors (Lipinski definition) is 0. The number of rotatable bonds is 3. The molecule has 4 rings (SSSR count). The summed E-state index contributed by atoms with van der Waals surface area (Å²) in [5, 5.41) is 0. The van der Waals surface area contributed by atoms with E-state index in [4.69, 9.17) is 4.74 Å². The van der Waals surface area contributed by atoms with Crippen molar-refractivity contribution in [2.45, 2.75) is 31.8 Å². The van der Waals surface area contributed by atoms with Gasteiger partial charge in [0, 0.05) is 56.3 Å². The Hall–Kier alpha value is -1.98. The highest BCUT2D eigenvalue weighted by Crippen LogP contribution is 2.20. The first-order chi connectivity index (χ1) is 11.8. The highest BCUT2D eigenvalue weighted by Gasteiger charge is 2.26. The quantitative estimate of drug-likeness (QED) is 0.858. The summed E-state index contributed by atoms with van der Waals surface area (Å²) in [4.78, 5) is 19.2. The fourth-order valence-electron chi connectivity index (χ4n) is 3.84. The molecule has 2 aromatic heterocycles. The average molecular weight is 325 g/mol. The molecular formula is C19H23N3O2. The number of hydrogen-bond acceptors (Lipinski definition) is 4. The van der Waals surface area contributed by atoms with Crippen LogP contribution in [0.25, 0.3) is 0 Å². The number of pyridine rings is 2. The first kappa shape index (κ1) is 15.5. The lowest BCUT2D eigenvalue weighted by molar-refractivity contribution is 0.146. The molecule has 0 amide bonds. The van der Waals surface area contributed by atoms with Gasteiger partial charge in [0.2, 0.25) is 0 Å². The maximum Gasteiger partial charge on any atom is 0.251 e. The summed E-state index contributed by atoms with van der Waals surface area (Å²) in [7, 11) is 0. The van der Waals surface area contributed by atoms with Crippen LogP contribution in [0.4, 0.5) is 0 Å². The molecule has 0 bridgehead atoms. The first-order valence-electron chi connectivity index (χ1n) is 8.73. The highest BCUT2D eigenvalue weighted by molar-refractivity contribution is 5.25. The van der Waals surface area contributed by atoms with E-state index < -0.39 is 0 Å². The summed E-state index contributed by atoms with van der Waals surface area (Å²) in [6, 6.07) is 8.22. The molecule has 2 aliphatic rings. The van der Waals surface area contributed by atoms with Gasteiger partial charge in [-0.05, 0) is 30.0 Å². The van der Waals surface area contributed by atoms with Crippen molar-refractivity contribution < 1.29 is 4.74 Å². The first-order valence-corrected chi connectivity index (χ1v) is 8.73. The second-order valence-electron chi connectivity index (χ2n) is 6.64. The van der Waals surface area contributed by atoms with Crippen molar-refractivity contribution in [1.29, 1.82) is 0 Å². The Kier molecular flexibility index (Phi) is 4.45. The molecule has 0 saturated carbocycles. The molecule has 2 aliphatic heterocycles. The van der Waals surface area contributed by atoms with Crippen LogP contribution in [0.5, 0.6) is 0 Å². The van der Waals surface area contributed by atoms with Gasteiger partial charge in [0.05, 0.1) is 13.2 Å². The summed E-state index contributed by atoms with van der Waals surface area (Å²) >= 11 is 0. The van der Waals surface area contributed by atoms with Crippen molar-refractivity contribution in [2.75, 3.05) is 26.3 Å². The summed E-state index contributed by atoms with van der Waals surface area (Å²) in [5.74, 6) is 0. The minimum absolute atomic E-state index is 0.0789. The minimum Gasteiger partial charge on any atom is -0.380 e. The van der Waals surface area contributed by atoms with Crippen LogP contribution >= 0.6 is 0 Å². The van der Waals surface area contributed by atoms with Gasteiger partial charge in [-0.2, -0.15) is 0 Å². The molecule has 0 aliphatic carbocycles. The maximum atomic E-state index is 12.5. The summed E-state index contributed by atoms with van der Waals surface area (Å²) in [5.41, 5.74) is 3.64. The molecule has 0 N–H and O–H groups in total. The number of fused-ring (bicyclic) bond motifs is 1. The van der Waals surface area contributed by atoms with E-state index in [0.29, 0.717) is 12.6 Å². The van der Waals surface area contributed by atoms with E-state index in [2.05, 4.69) is 9.88 Å². The Labute approximate surface area is 141 Å². The second-order valence-corrected chi connectivity index (χ2v) is 6.64. The lowest BCUT2D eigenvalue weighted by atomic mass is 10.1. The van der Waals surface area contributed by atoms with Gasteiger partial charge in [0.25, 0.3) is 5.56 Å². The Bertz CT molecular complexity index is 751. The molecule has 4 heterocycles. The molecule has 0 unspecified atom stereocenters. The molecule has 0 radical (unpaired) electrons. The van der Waals surface area contributed by atoms with Gasteiger partial charge in [-0.1, -0.05) is 12.1 Å². The summed E-state index contributed by atoms with van der Waals surface area (Å²) in [6.45, 7) is 4.37. The molecule has 1 atom stereocenters. The van der Waals surface area contributed by atoms with Crippen LogP contribution in [-0.2, 0) is 24.1 Å². The minimum atomic E-state index is 0.0789. The van der Waals surface area contributed by atoms with Crippen LogP contribution in [0.2, 0.25) is 0 Å². The molecule has 5 heteroatoms. The zero-order valence-electron chi connectivity index (χ0n) is 13.9. The van der Waals surface area contributed by atoms with Gasteiger partial charge in [-0.25, -0.2) is 0 Å². The molecule has 1 saturated heterocycles. The Morgan fingerprint density at radius 1 is 1.21 bits per heavy atom. The predicted molar refractivity (Wildman–Crippen MR) is 92.2 cm³/mol. The largest absolute Gasteiger partial charge is 0.380 e. The molecule has 0 aromatic carbocycles. The second kappa shape index (κ2) is 6.87. The lowest BCUT2D eigenvalue weighted by Gasteiger charge is -2.25.